The van der Waals surface area contributed by atoms with E-state index in [0.29, 0.717) is 0 Å². The van der Waals surface area contributed by atoms with Crippen LogP contribution in [-0.4, -0.2) is 9.55 Å². The fourth-order valence-corrected chi connectivity index (χ4v) is 6.75. The van der Waals surface area contributed by atoms with Gasteiger partial charge in [0.15, 0.2) is 7.14 Å². The summed E-state index contributed by atoms with van der Waals surface area (Å²) >= 11 is 0. The molecule has 0 N–H and O–H groups in total. The average Bonchev–Trinajstić information content (AvgIpc) is 2.97. The first-order valence-electron chi connectivity index (χ1n) is 7.95. The van der Waals surface area contributed by atoms with Crippen molar-refractivity contribution in [3.8, 4) is 5.69 Å². The fraction of sp³-hybridized carbons (Fsp3) is 0.0500. The molecule has 0 spiro atoms. The first kappa shape index (κ1) is 13.8. The molecular weight excluding hydrogens is 315 g/mol. The smallest absolute Gasteiger partial charge is 0.175 e. The Labute approximate surface area is 140 Å². The van der Waals surface area contributed by atoms with Crippen molar-refractivity contribution < 1.29 is 4.57 Å². The maximum atomic E-state index is 14.4. The molecular formula is C20H15N2OP. The topological polar surface area (TPSA) is 34.9 Å². The molecule has 0 radical (unpaired) electrons. The van der Waals surface area contributed by atoms with Gasteiger partial charge in [0.2, 0.25) is 0 Å². The number of rotatable bonds is 1. The summed E-state index contributed by atoms with van der Waals surface area (Å²) in [5.74, 6) is 0.921. The maximum Gasteiger partial charge on any atom is 0.175 e. The van der Waals surface area contributed by atoms with Crippen LogP contribution in [0.4, 0.5) is 0 Å². The summed E-state index contributed by atoms with van der Waals surface area (Å²) in [5.41, 5.74) is 2.85. The molecule has 0 amide bonds. The van der Waals surface area contributed by atoms with Gasteiger partial charge in [-0.2, -0.15) is 0 Å². The van der Waals surface area contributed by atoms with E-state index >= 15 is 0 Å². The van der Waals surface area contributed by atoms with Gasteiger partial charge in [-0.05, 0) is 31.2 Å². The Morgan fingerprint density at radius 3 is 2.38 bits per heavy atom. The minimum Gasteiger partial charge on any atom is -0.308 e. The normalized spacial score (nSPS) is 18.5. The van der Waals surface area contributed by atoms with E-state index in [-0.39, 0.29) is 0 Å². The van der Waals surface area contributed by atoms with E-state index in [9.17, 15) is 4.57 Å². The highest BCUT2D eigenvalue weighted by atomic mass is 31.2. The molecule has 0 saturated heterocycles. The van der Waals surface area contributed by atoms with Crippen molar-refractivity contribution >= 4 is 34.1 Å². The molecule has 0 bridgehead atoms. The molecule has 3 aromatic carbocycles. The fourth-order valence-electron chi connectivity index (χ4n) is 3.74. The van der Waals surface area contributed by atoms with Crippen molar-refractivity contribution in [3.63, 3.8) is 0 Å². The quantitative estimate of drug-likeness (QED) is 0.442. The second kappa shape index (κ2) is 4.68. The molecule has 0 saturated carbocycles. The van der Waals surface area contributed by atoms with Crippen LogP contribution in [0.15, 0.2) is 72.8 Å². The van der Waals surface area contributed by atoms with Gasteiger partial charge in [-0.1, -0.05) is 48.5 Å². The highest BCUT2D eigenvalue weighted by molar-refractivity contribution is 7.86. The molecule has 1 unspecified atom stereocenters. The third kappa shape index (κ3) is 1.58. The predicted octanol–water partition coefficient (Wildman–Crippen LogP) is 3.29. The Bertz CT molecular complexity index is 1140. The van der Waals surface area contributed by atoms with Crippen molar-refractivity contribution in [2.75, 3.05) is 0 Å². The van der Waals surface area contributed by atoms with Gasteiger partial charge in [-0.15, -0.1) is 0 Å². The molecule has 116 valence electrons. The van der Waals surface area contributed by atoms with Gasteiger partial charge < -0.3 is 4.57 Å². The second-order valence-corrected chi connectivity index (χ2v) is 8.77. The summed E-state index contributed by atoms with van der Waals surface area (Å²) in [6.45, 7) is 2.00. The van der Waals surface area contributed by atoms with Crippen LogP contribution >= 0.6 is 7.14 Å². The molecule has 2 heterocycles. The maximum absolute atomic E-state index is 14.4. The molecule has 1 aliphatic heterocycles. The summed E-state index contributed by atoms with van der Waals surface area (Å²) in [4.78, 5) is 4.68. The van der Waals surface area contributed by atoms with E-state index in [2.05, 4.69) is 9.55 Å². The van der Waals surface area contributed by atoms with Crippen molar-refractivity contribution in [1.29, 1.82) is 0 Å². The van der Waals surface area contributed by atoms with Gasteiger partial charge >= 0.3 is 0 Å². The lowest BCUT2D eigenvalue weighted by Crippen LogP contribution is -2.32. The summed E-state index contributed by atoms with van der Waals surface area (Å²) < 4.78 is 16.6. The summed E-state index contributed by atoms with van der Waals surface area (Å²) in [6.07, 6.45) is 0. The lowest BCUT2D eigenvalue weighted by atomic mass is 10.2. The molecule has 24 heavy (non-hydrogen) atoms. The van der Waals surface area contributed by atoms with Crippen LogP contribution in [0.2, 0.25) is 0 Å². The SMILES string of the molecule is Cc1nc2cccc3c2n1-c1ccccc1P3(=O)c1ccccc1. The number of hydrogen-bond donors (Lipinski definition) is 0. The standard InChI is InChI=1S/C20H15N2OP/c1-14-21-16-10-7-13-19-20(16)22(14)17-11-5-6-12-18(17)24(19,23)15-8-3-2-4-9-15/h2-13H,1H3. The van der Waals surface area contributed by atoms with Crippen LogP contribution in [0.5, 0.6) is 0 Å². The lowest BCUT2D eigenvalue weighted by Gasteiger charge is -2.28. The Balaban J connectivity index is 2.04. The Morgan fingerprint density at radius 1 is 0.833 bits per heavy atom. The minimum absolute atomic E-state index is 0.870. The zero-order chi connectivity index (χ0) is 16.3. The van der Waals surface area contributed by atoms with Crippen LogP contribution in [0, 0.1) is 6.92 Å². The van der Waals surface area contributed by atoms with Crippen LogP contribution < -0.4 is 15.9 Å². The third-order valence-electron chi connectivity index (χ3n) is 4.74. The molecule has 1 aliphatic rings. The minimum atomic E-state index is -2.91. The van der Waals surface area contributed by atoms with Gasteiger partial charge in [0.25, 0.3) is 0 Å². The molecule has 0 aliphatic carbocycles. The van der Waals surface area contributed by atoms with Crippen LogP contribution in [0.1, 0.15) is 5.82 Å². The van der Waals surface area contributed by atoms with Gasteiger partial charge in [0.05, 0.1) is 16.7 Å². The zero-order valence-electron chi connectivity index (χ0n) is 13.2. The lowest BCUT2D eigenvalue weighted by molar-refractivity contribution is 0.592. The number of nitrogens with zero attached hydrogens (tertiary/aromatic N) is 2. The first-order valence-corrected chi connectivity index (χ1v) is 9.66. The first-order chi connectivity index (χ1) is 11.7. The molecule has 4 aromatic rings. The van der Waals surface area contributed by atoms with Gasteiger partial charge in [0.1, 0.15) is 5.82 Å². The van der Waals surface area contributed by atoms with Crippen molar-refractivity contribution in [3.05, 3.63) is 78.6 Å². The summed E-state index contributed by atoms with van der Waals surface area (Å²) in [5, 5.41) is 2.64. The van der Waals surface area contributed by atoms with E-state index in [0.717, 1.165) is 38.5 Å². The third-order valence-corrected chi connectivity index (χ3v) is 7.87. The molecule has 1 aromatic heterocycles. The van der Waals surface area contributed by atoms with Crippen molar-refractivity contribution in [2.45, 2.75) is 6.92 Å². The Hall–Kier alpha value is -2.64. The van der Waals surface area contributed by atoms with E-state index < -0.39 is 7.14 Å². The van der Waals surface area contributed by atoms with Crippen LogP contribution in [0.25, 0.3) is 16.7 Å². The van der Waals surface area contributed by atoms with Crippen molar-refractivity contribution in [1.82, 2.24) is 9.55 Å². The molecule has 1 atom stereocenters. The number of fused-ring (bicyclic) bond motifs is 2. The number of benzene rings is 3. The number of para-hydroxylation sites is 2. The number of hydrogen-bond acceptors (Lipinski definition) is 2. The van der Waals surface area contributed by atoms with Crippen LogP contribution in [0.3, 0.4) is 0 Å². The average molecular weight is 330 g/mol. The van der Waals surface area contributed by atoms with Crippen LogP contribution in [-0.2, 0) is 4.57 Å². The summed E-state index contributed by atoms with van der Waals surface area (Å²) in [7, 11) is -2.91. The van der Waals surface area contributed by atoms with Gasteiger partial charge in [0, 0.05) is 15.9 Å². The Morgan fingerprint density at radius 2 is 1.54 bits per heavy atom. The number of aromatic nitrogens is 2. The van der Waals surface area contributed by atoms with E-state index in [1.54, 1.807) is 0 Å². The monoisotopic (exact) mass is 330 g/mol. The molecule has 5 rings (SSSR count). The van der Waals surface area contributed by atoms with E-state index in [4.69, 9.17) is 0 Å². The predicted molar refractivity (Wildman–Crippen MR) is 98.8 cm³/mol. The molecule has 0 fully saturated rings. The van der Waals surface area contributed by atoms with E-state index in [1.165, 1.54) is 0 Å². The van der Waals surface area contributed by atoms with Gasteiger partial charge in [-0.25, -0.2) is 4.98 Å². The summed E-state index contributed by atoms with van der Waals surface area (Å²) in [6, 6.07) is 23.7. The van der Waals surface area contributed by atoms with E-state index in [1.807, 2.05) is 79.7 Å². The van der Waals surface area contributed by atoms with Crippen molar-refractivity contribution in [2.24, 2.45) is 0 Å². The molecule has 3 nitrogen and oxygen atoms in total. The number of aryl methyl sites for hydroxylation is 1. The Kier molecular flexibility index (Phi) is 2.69. The second-order valence-electron chi connectivity index (χ2n) is 6.07. The highest BCUT2D eigenvalue weighted by Gasteiger charge is 2.38. The molecule has 4 heteroatoms. The highest BCUT2D eigenvalue weighted by Crippen LogP contribution is 2.48. The largest absolute Gasteiger partial charge is 0.308 e. The number of imidazole rings is 1. The van der Waals surface area contributed by atoms with Gasteiger partial charge in [-0.3, -0.25) is 4.57 Å². The zero-order valence-corrected chi connectivity index (χ0v) is 14.1.